The summed E-state index contributed by atoms with van der Waals surface area (Å²) in [4.78, 5) is 12.9. The minimum atomic E-state index is -0.467. The molecule has 0 aliphatic carbocycles. The molecule has 0 atom stereocenters. The zero-order chi connectivity index (χ0) is 73.5. The molecule has 0 radical (unpaired) electrons. The Morgan fingerprint density at radius 1 is 0.430 bits per heavy atom. The smallest absolute Gasteiger partial charge is 0.253 e. The van der Waals surface area contributed by atoms with Crippen molar-refractivity contribution in [2.75, 3.05) is 0 Å². The van der Waals surface area contributed by atoms with E-state index in [2.05, 4.69) is 174 Å². The van der Waals surface area contributed by atoms with Crippen LogP contribution in [0.2, 0.25) is 0 Å². The predicted octanol–water partition coefficient (Wildman–Crippen LogP) is 18.8. The van der Waals surface area contributed by atoms with E-state index in [4.69, 9.17) is 10.5 Å². The average Bonchev–Trinajstić information content (AvgIpc) is 1.60. The van der Waals surface area contributed by atoms with Crippen molar-refractivity contribution < 1.29 is 97.4 Å². The van der Waals surface area contributed by atoms with E-state index in [0.717, 1.165) is 94.5 Å². The molecule has 16 nitrogen and oxygen atoms in total. The third-order valence-electron chi connectivity index (χ3n) is 17.4. The van der Waals surface area contributed by atoms with Gasteiger partial charge in [0.1, 0.15) is 24.3 Å². The number of hydrogen-bond acceptors (Lipinski definition) is 11. The van der Waals surface area contributed by atoms with Gasteiger partial charge in [-0.05, 0) is 118 Å². The van der Waals surface area contributed by atoms with Gasteiger partial charge in [-0.1, -0.05) is 169 Å². The fraction of sp³-hybridized carbons (Fsp3) is 0.202. The Morgan fingerprint density at radius 2 is 0.944 bits per heavy atom. The summed E-state index contributed by atoms with van der Waals surface area (Å²) in [6, 6.07) is 73.2. The van der Waals surface area contributed by atoms with Crippen molar-refractivity contribution in [3.8, 4) is 92.4 Å². The molecule has 552 valence electrons. The first kappa shape index (κ1) is 84.2. The van der Waals surface area contributed by atoms with Crippen molar-refractivity contribution >= 4 is 21.8 Å². The Balaban J connectivity index is 0.000000197. The van der Waals surface area contributed by atoms with E-state index >= 15 is 0 Å². The molecule has 0 unspecified atom stereocenters. The number of nitrogens with zero attached hydrogens (tertiary/aromatic N) is 16. The normalized spacial score (nSPS) is 10.6. The Labute approximate surface area is 678 Å². The number of halogens is 3. The summed E-state index contributed by atoms with van der Waals surface area (Å²) in [5.41, 5.74) is 16.5. The van der Waals surface area contributed by atoms with Gasteiger partial charge < -0.3 is 4.57 Å². The maximum absolute atomic E-state index is 14.8. The second-order valence-electron chi connectivity index (χ2n) is 25.9. The largest absolute Gasteiger partial charge is 0.351 e. The van der Waals surface area contributed by atoms with E-state index in [-0.39, 0.29) is 148 Å². The van der Waals surface area contributed by atoms with Crippen molar-refractivity contribution in [2.24, 2.45) is 7.05 Å². The number of hydrogen-bond donors (Lipinski definition) is 0. The molecule has 14 rings (SSSR count). The molecule has 5 heterocycles. The fourth-order valence-electron chi connectivity index (χ4n) is 12.7. The first-order chi connectivity index (χ1) is 49.5. The molecule has 0 spiro atoms. The zero-order valence-electron chi connectivity index (χ0n) is 60.5. The SMILES string of the molecule is CC(C)c1cccc(C(C)C)c1-c1cc(C#N)nn1-c1[c-]cccc1F.Cc1cc(C)c(-c2nc(C#N)nn2-c2[c-]cccc2F)c(C)c1.Cc1cc[c-]c(-c2nc(C#N)nn2-c2c(C(C)C)cccc2C(C)C)c1F.Cn1nc(C#N)nc1-c1[c-]cc2c(c1)c1ccccc1n2-c1ccccc1.[Pt].[Pt].[Pt].[Pt]. The van der Waals surface area contributed by atoms with Crippen molar-refractivity contribution in [1.29, 1.82) is 21.0 Å². The van der Waals surface area contributed by atoms with Gasteiger partial charge >= 0.3 is 0 Å². The predicted molar refractivity (Wildman–Crippen MR) is 393 cm³/mol. The number of aryl methyl sites for hydroxylation is 5. The number of para-hydroxylation sites is 5. The van der Waals surface area contributed by atoms with Crippen LogP contribution in [0.15, 0.2) is 170 Å². The molecule has 0 saturated heterocycles. The van der Waals surface area contributed by atoms with Gasteiger partial charge in [-0.2, -0.15) is 67.5 Å². The standard InChI is InChI=1S/C22H22FN4.C22H21FN3.C22H14N5.C18H14FN4.4Pt/c1-13(2)16-9-7-10-17(14(3)4)21(16)27-22(25-19(12-24)26-27)18-11-6-8-15(5)20(18)23;1-14(2)17-8-7-9-18(15(3)4)22(17)21-12-16(13-24)25-26(21)20-11-6-5-10-19(20)23;1-26-22(24-21(14-23)25-26)15-11-12-20-18(13-15)17-9-5-6-10-19(17)27(20)16-7-3-2-4-8-16;1-11-8-12(2)17(13(3)9-11)18-21-16(10-20)22-23(18)15-7-5-4-6-14(15)19;;;;/h6-10,13-14H,1-5H3;5-10,12,14-15H,1-4H3;2-10,12-13H,1H3;4-6,8-9H,1-3H3;;;;/q4*-1;;;;. The molecule has 0 amide bonds. The summed E-state index contributed by atoms with van der Waals surface area (Å²) in [7, 11) is 1.79. The summed E-state index contributed by atoms with van der Waals surface area (Å²) >= 11 is 0. The van der Waals surface area contributed by atoms with Crippen molar-refractivity contribution in [1.82, 2.24) is 58.6 Å². The summed E-state index contributed by atoms with van der Waals surface area (Å²) < 4.78 is 51.7. The Kier molecular flexibility index (Phi) is 29.1. The molecule has 0 N–H and O–H groups in total. The van der Waals surface area contributed by atoms with Gasteiger partial charge in [0.2, 0.25) is 11.6 Å². The maximum atomic E-state index is 14.8. The summed E-state index contributed by atoms with van der Waals surface area (Å²) in [6.45, 7) is 24.6. The molecule has 14 aromatic rings. The minimum absolute atomic E-state index is 0. The van der Waals surface area contributed by atoms with Crippen molar-refractivity contribution in [2.45, 2.75) is 107 Å². The maximum Gasteiger partial charge on any atom is 0.253 e. The van der Waals surface area contributed by atoms with Crippen molar-refractivity contribution in [3.05, 3.63) is 279 Å². The molecule has 107 heavy (non-hydrogen) atoms. The van der Waals surface area contributed by atoms with Crippen LogP contribution in [0.5, 0.6) is 0 Å². The molecule has 0 aliphatic heterocycles. The van der Waals surface area contributed by atoms with E-state index in [1.54, 1.807) is 65.8 Å². The summed E-state index contributed by atoms with van der Waals surface area (Å²) in [5, 5.41) is 56.1. The Hall–Kier alpha value is -10.1. The minimum Gasteiger partial charge on any atom is -0.351 e. The van der Waals surface area contributed by atoms with Crippen molar-refractivity contribution in [3.63, 3.8) is 0 Å². The van der Waals surface area contributed by atoms with Crippen LogP contribution in [-0.4, -0.2) is 58.6 Å². The summed E-state index contributed by atoms with van der Waals surface area (Å²) in [6.07, 6.45) is 0. The number of nitriles is 4. The quantitative estimate of drug-likeness (QED) is 0.105. The molecule has 9 aromatic carbocycles. The zero-order valence-corrected chi connectivity index (χ0v) is 69.6. The molecular formula is C84H71F3N16Pt4-4. The first-order valence-electron chi connectivity index (χ1n) is 33.5. The van der Waals surface area contributed by atoms with Crippen LogP contribution in [0.4, 0.5) is 13.2 Å². The van der Waals surface area contributed by atoms with Gasteiger partial charge in [-0.15, -0.1) is 69.4 Å². The monoisotopic (exact) mass is 2140 g/mol. The first-order valence-corrected chi connectivity index (χ1v) is 33.5. The van der Waals surface area contributed by atoms with Crippen LogP contribution >= 0.6 is 0 Å². The summed E-state index contributed by atoms with van der Waals surface area (Å²) in [5.74, 6) is 1.26. The van der Waals surface area contributed by atoms with Crippen LogP contribution in [0.1, 0.15) is 147 Å². The Morgan fingerprint density at radius 3 is 1.49 bits per heavy atom. The van der Waals surface area contributed by atoms with E-state index in [9.17, 15) is 23.7 Å². The number of benzene rings is 9. The van der Waals surface area contributed by atoms with Gasteiger partial charge in [-0.25, -0.2) is 14.6 Å². The van der Waals surface area contributed by atoms with Crippen LogP contribution in [0, 0.1) is 115 Å². The van der Waals surface area contributed by atoms with Gasteiger partial charge in [0, 0.05) is 137 Å². The molecule has 5 aromatic heterocycles. The average molecular weight is 2140 g/mol. The second-order valence-corrected chi connectivity index (χ2v) is 25.9. The van der Waals surface area contributed by atoms with Gasteiger partial charge in [-0.3, -0.25) is 27.2 Å². The van der Waals surface area contributed by atoms with E-state index in [1.807, 2.05) is 106 Å². The van der Waals surface area contributed by atoms with E-state index < -0.39 is 17.5 Å². The third-order valence-corrected chi connectivity index (χ3v) is 17.4. The molecule has 23 heteroatoms. The van der Waals surface area contributed by atoms with Crippen LogP contribution in [0.3, 0.4) is 0 Å². The van der Waals surface area contributed by atoms with Gasteiger partial charge in [0.05, 0.1) is 23.0 Å². The molecule has 0 aliphatic rings. The molecule has 0 bridgehead atoms. The van der Waals surface area contributed by atoms with E-state index in [0.29, 0.717) is 23.0 Å². The van der Waals surface area contributed by atoms with Crippen LogP contribution < -0.4 is 0 Å². The number of fused-ring (bicyclic) bond motifs is 3. The molecular weight excluding hydrogens is 2070 g/mol. The van der Waals surface area contributed by atoms with Gasteiger partial charge in [0.25, 0.3) is 5.82 Å². The number of rotatable bonds is 12. The Bertz CT molecular complexity index is 5610. The second kappa shape index (κ2) is 37.0. The molecule has 0 saturated carbocycles. The van der Waals surface area contributed by atoms with E-state index in [1.165, 1.54) is 21.5 Å². The third kappa shape index (κ3) is 17.8. The van der Waals surface area contributed by atoms with Crippen LogP contribution in [-0.2, 0) is 91.3 Å². The molecule has 0 fully saturated rings. The van der Waals surface area contributed by atoms with Gasteiger partial charge in [0.15, 0.2) is 11.5 Å². The van der Waals surface area contributed by atoms with Crippen LogP contribution in [0.25, 0.3) is 90.0 Å². The topological polar surface area (TPSA) is 210 Å². The fourth-order valence-corrected chi connectivity index (χ4v) is 12.7. The number of aromatic nitrogens is 12.